The van der Waals surface area contributed by atoms with E-state index in [0.29, 0.717) is 11.1 Å². The molecule has 18 heavy (non-hydrogen) atoms. The average Bonchev–Trinajstić information content (AvgIpc) is 2.34. The first-order valence-corrected chi connectivity index (χ1v) is 5.54. The van der Waals surface area contributed by atoms with Crippen molar-refractivity contribution >= 4 is 17.3 Å². The highest BCUT2D eigenvalue weighted by Gasteiger charge is 2.13. The van der Waals surface area contributed by atoms with Crippen molar-refractivity contribution in [2.75, 3.05) is 0 Å². The predicted octanol–water partition coefficient (Wildman–Crippen LogP) is 2.42. The van der Waals surface area contributed by atoms with Crippen molar-refractivity contribution in [3.8, 4) is 0 Å². The first-order chi connectivity index (χ1) is 8.45. The number of nitrogens with zero attached hydrogens (tertiary/aromatic N) is 2. The highest BCUT2D eigenvalue weighted by molar-refractivity contribution is 5.95. The molecule has 0 atom stereocenters. The van der Waals surface area contributed by atoms with Crippen molar-refractivity contribution in [1.29, 1.82) is 0 Å². The molecule has 6 heteroatoms. The number of benzene rings is 1. The molecule has 0 spiro atoms. The molecule has 0 aliphatic carbocycles. The van der Waals surface area contributed by atoms with Gasteiger partial charge in [0.25, 0.3) is 11.6 Å². The third kappa shape index (κ3) is 3.38. The van der Waals surface area contributed by atoms with Crippen LogP contribution in [0, 0.1) is 17.0 Å². The van der Waals surface area contributed by atoms with Gasteiger partial charge in [0.2, 0.25) is 0 Å². The quantitative estimate of drug-likeness (QED) is 0.505. The second-order valence-corrected chi connectivity index (χ2v) is 3.90. The predicted molar refractivity (Wildman–Crippen MR) is 68.7 cm³/mol. The van der Waals surface area contributed by atoms with E-state index in [1.807, 2.05) is 6.92 Å². The van der Waals surface area contributed by atoms with Gasteiger partial charge in [-0.3, -0.25) is 14.9 Å². The van der Waals surface area contributed by atoms with Gasteiger partial charge >= 0.3 is 0 Å². The lowest BCUT2D eigenvalue weighted by atomic mass is 10.1. The van der Waals surface area contributed by atoms with E-state index in [4.69, 9.17) is 0 Å². The smallest absolute Gasteiger partial charge is 0.267 e. The van der Waals surface area contributed by atoms with E-state index in [0.717, 1.165) is 12.1 Å². The summed E-state index contributed by atoms with van der Waals surface area (Å²) in [5, 5.41) is 14.5. The summed E-state index contributed by atoms with van der Waals surface area (Å²) in [4.78, 5) is 21.9. The zero-order valence-corrected chi connectivity index (χ0v) is 10.6. The minimum Gasteiger partial charge on any atom is -0.267 e. The molecule has 1 N–H and O–H groups in total. The molecule has 96 valence electrons. The topological polar surface area (TPSA) is 84.6 Å². The van der Waals surface area contributed by atoms with Crippen molar-refractivity contribution < 1.29 is 9.72 Å². The molecule has 1 aromatic carbocycles. The van der Waals surface area contributed by atoms with E-state index < -0.39 is 4.92 Å². The molecule has 6 nitrogen and oxygen atoms in total. The number of carbonyl (C=O) groups is 1. The van der Waals surface area contributed by atoms with Crippen molar-refractivity contribution in [2.45, 2.75) is 27.2 Å². The summed E-state index contributed by atoms with van der Waals surface area (Å²) in [6, 6.07) is 4.21. The molecule has 0 aromatic heterocycles. The van der Waals surface area contributed by atoms with Crippen LogP contribution < -0.4 is 5.43 Å². The van der Waals surface area contributed by atoms with Gasteiger partial charge < -0.3 is 0 Å². The van der Waals surface area contributed by atoms with Crippen LogP contribution >= 0.6 is 0 Å². The van der Waals surface area contributed by atoms with Gasteiger partial charge in [-0.05, 0) is 32.4 Å². The number of nitro groups is 1. The largest absolute Gasteiger partial charge is 0.272 e. The number of hydrogen-bond acceptors (Lipinski definition) is 4. The number of carbonyl (C=O) groups excluding carboxylic acids is 1. The number of hydrogen-bond donors (Lipinski definition) is 1. The molecule has 1 rings (SSSR count). The number of amides is 1. The maximum atomic E-state index is 11.7. The summed E-state index contributed by atoms with van der Waals surface area (Å²) >= 11 is 0. The van der Waals surface area contributed by atoms with Gasteiger partial charge in [0.15, 0.2) is 0 Å². The first kappa shape index (κ1) is 13.8. The Balaban J connectivity index is 2.88. The zero-order chi connectivity index (χ0) is 13.7. The molecule has 0 bridgehead atoms. The van der Waals surface area contributed by atoms with Crippen molar-refractivity contribution in [3.05, 3.63) is 39.4 Å². The molecule has 0 unspecified atom stereocenters. The molecule has 0 aliphatic heterocycles. The molecule has 0 saturated carbocycles. The fourth-order valence-electron chi connectivity index (χ4n) is 1.29. The third-order valence-corrected chi connectivity index (χ3v) is 2.52. The lowest BCUT2D eigenvalue weighted by molar-refractivity contribution is -0.385. The summed E-state index contributed by atoms with van der Waals surface area (Å²) in [5.74, 6) is -0.374. The van der Waals surface area contributed by atoms with E-state index in [1.54, 1.807) is 13.8 Å². The van der Waals surface area contributed by atoms with Gasteiger partial charge in [0.1, 0.15) is 0 Å². The van der Waals surface area contributed by atoms with Crippen LogP contribution in [0.1, 0.15) is 36.2 Å². The van der Waals surface area contributed by atoms with E-state index in [-0.39, 0.29) is 11.6 Å². The van der Waals surface area contributed by atoms with Gasteiger partial charge in [0.05, 0.1) is 4.92 Å². The lowest BCUT2D eigenvalue weighted by Crippen LogP contribution is -2.19. The monoisotopic (exact) mass is 249 g/mol. The Labute approximate surface area is 105 Å². The Bertz CT molecular complexity index is 509. The van der Waals surface area contributed by atoms with Crippen LogP contribution in [0.3, 0.4) is 0 Å². The van der Waals surface area contributed by atoms with Crippen LogP contribution in [-0.2, 0) is 0 Å². The molecule has 0 heterocycles. The number of aryl methyl sites for hydroxylation is 1. The Kier molecular flexibility index (Phi) is 4.53. The third-order valence-electron chi connectivity index (χ3n) is 2.52. The van der Waals surface area contributed by atoms with Gasteiger partial charge in [-0.1, -0.05) is 6.92 Å². The normalized spacial score (nSPS) is 11.2. The minimum absolute atomic E-state index is 0.000194. The van der Waals surface area contributed by atoms with E-state index >= 15 is 0 Å². The van der Waals surface area contributed by atoms with Gasteiger partial charge in [0, 0.05) is 22.9 Å². The SMILES string of the molecule is CC/C(C)=N/NC(=O)c1ccc([N+](=O)[O-])c(C)c1. The number of hydrazone groups is 1. The molecule has 0 radical (unpaired) electrons. The zero-order valence-electron chi connectivity index (χ0n) is 10.6. The standard InChI is InChI=1S/C12H15N3O3/c1-4-9(3)13-14-12(16)10-5-6-11(15(17)18)8(2)7-10/h5-7H,4H2,1-3H3,(H,14,16)/b13-9+. The van der Waals surface area contributed by atoms with Gasteiger partial charge in [-0.2, -0.15) is 5.10 Å². The van der Waals surface area contributed by atoms with E-state index in [2.05, 4.69) is 10.5 Å². The lowest BCUT2D eigenvalue weighted by Gasteiger charge is -2.03. The number of nitrogens with one attached hydrogen (secondary N) is 1. The molecular formula is C12H15N3O3. The summed E-state index contributed by atoms with van der Waals surface area (Å²) in [6.45, 7) is 5.33. The fraction of sp³-hybridized carbons (Fsp3) is 0.333. The summed E-state index contributed by atoms with van der Waals surface area (Å²) in [6.07, 6.45) is 0.750. The molecule has 1 aromatic rings. The van der Waals surface area contributed by atoms with E-state index in [9.17, 15) is 14.9 Å². The second kappa shape index (κ2) is 5.90. The molecule has 0 fully saturated rings. The number of rotatable bonds is 4. The summed E-state index contributed by atoms with van der Waals surface area (Å²) < 4.78 is 0. The van der Waals surface area contributed by atoms with Crippen LogP contribution in [0.2, 0.25) is 0 Å². The van der Waals surface area contributed by atoms with Crippen LogP contribution in [0.5, 0.6) is 0 Å². The Morgan fingerprint density at radius 2 is 2.17 bits per heavy atom. The maximum absolute atomic E-state index is 11.7. The molecule has 1 amide bonds. The van der Waals surface area contributed by atoms with Gasteiger partial charge in [-0.15, -0.1) is 0 Å². The second-order valence-electron chi connectivity index (χ2n) is 3.90. The molecule has 0 aliphatic rings. The highest BCUT2D eigenvalue weighted by Crippen LogP contribution is 2.18. The van der Waals surface area contributed by atoms with Crippen molar-refractivity contribution in [2.24, 2.45) is 5.10 Å². The average molecular weight is 249 g/mol. The van der Waals surface area contributed by atoms with E-state index in [1.165, 1.54) is 18.2 Å². The Morgan fingerprint density at radius 3 is 2.67 bits per heavy atom. The van der Waals surface area contributed by atoms with Gasteiger partial charge in [-0.25, -0.2) is 5.43 Å². The van der Waals surface area contributed by atoms with Crippen LogP contribution in [0.4, 0.5) is 5.69 Å². The highest BCUT2D eigenvalue weighted by atomic mass is 16.6. The fourth-order valence-corrected chi connectivity index (χ4v) is 1.29. The van der Waals surface area contributed by atoms with Crippen molar-refractivity contribution in [3.63, 3.8) is 0 Å². The first-order valence-electron chi connectivity index (χ1n) is 5.54. The van der Waals surface area contributed by atoms with Crippen LogP contribution in [0.25, 0.3) is 0 Å². The minimum atomic E-state index is -0.476. The van der Waals surface area contributed by atoms with Crippen LogP contribution in [-0.4, -0.2) is 16.5 Å². The Hall–Kier alpha value is -2.24. The molecular weight excluding hydrogens is 234 g/mol. The maximum Gasteiger partial charge on any atom is 0.272 e. The molecule has 0 saturated heterocycles. The van der Waals surface area contributed by atoms with Crippen LogP contribution in [0.15, 0.2) is 23.3 Å². The number of nitro benzene ring substituents is 1. The summed E-state index contributed by atoms with van der Waals surface area (Å²) in [7, 11) is 0. The van der Waals surface area contributed by atoms with Crippen molar-refractivity contribution in [1.82, 2.24) is 5.43 Å². The Morgan fingerprint density at radius 1 is 1.50 bits per heavy atom. The summed E-state index contributed by atoms with van der Waals surface area (Å²) in [5.41, 5.74) is 4.01.